The number of aryl methyl sites for hydroxylation is 1. The van der Waals surface area contributed by atoms with E-state index in [9.17, 15) is 9.59 Å². The van der Waals surface area contributed by atoms with Crippen molar-refractivity contribution in [3.05, 3.63) is 29.8 Å². The first-order valence-corrected chi connectivity index (χ1v) is 8.34. The van der Waals surface area contributed by atoms with Crippen LogP contribution in [0.2, 0.25) is 0 Å². The molecule has 0 atom stereocenters. The summed E-state index contributed by atoms with van der Waals surface area (Å²) in [4.78, 5) is 28.3. The molecule has 2 fully saturated rings. The Morgan fingerprint density at radius 1 is 1.09 bits per heavy atom. The maximum Gasteiger partial charge on any atom is 0.327 e. The van der Waals surface area contributed by atoms with Crippen LogP contribution in [0.25, 0.3) is 0 Å². The number of likely N-dealkylation sites (N-methyl/N-ethyl adjacent to an activating group) is 1. The monoisotopic (exact) mass is 316 g/mol. The maximum atomic E-state index is 12.8. The predicted octanol–water partition coefficient (Wildman–Crippen LogP) is 2.97. The second-order valence-electron chi connectivity index (χ2n) is 6.55. The number of ether oxygens (including phenoxy) is 1. The van der Waals surface area contributed by atoms with E-state index in [1.807, 2.05) is 31.2 Å². The molecule has 0 N–H and O–H groups in total. The van der Waals surface area contributed by atoms with Gasteiger partial charge in [0, 0.05) is 7.05 Å². The summed E-state index contributed by atoms with van der Waals surface area (Å²) in [5.74, 6) is 0.715. The fourth-order valence-corrected chi connectivity index (χ4v) is 3.62. The van der Waals surface area contributed by atoms with E-state index < -0.39 is 5.54 Å². The summed E-state index contributed by atoms with van der Waals surface area (Å²) in [6.45, 7) is 2.65. The predicted molar refractivity (Wildman–Crippen MR) is 87.4 cm³/mol. The van der Waals surface area contributed by atoms with Crippen LogP contribution in [0, 0.1) is 6.92 Å². The summed E-state index contributed by atoms with van der Waals surface area (Å²) >= 11 is 0. The molecule has 1 aliphatic carbocycles. The maximum absolute atomic E-state index is 12.8. The number of nitrogens with zero attached hydrogens (tertiary/aromatic N) is 2. The summed E-state index contributed by atoms with van der Waals surface area (Å²) in [5, 5.41) is 0. The molecule has 0 bridgehead atoms. The average molecular weight is 316 g/mol. The summed E-state index contributed by atoms with van der Waals surface area (Å²) < 4.78 is 5.67. The second-order valence-corrected chi connectivity index (χ2v) is 6.55. The number of hydrogen-bond donors (Lipinski definition) is 0. The molecule has 5 heteroatoms. The first-order valence-electron chi connectivity index (χ1n) is 8.34. The number of carbonyl (C=O) groups excluding carboxylic acids is 2. The van der Waals surface area contributed by atoms with E-state index >= 15 is 0 Å². The lowest BCUT2D eigenvalue weighted by Gasteiger charge is -2.35. The molecule has 124 valence electrons. The largest absolute Gasteiger partial charge is 0.492 e. The first-order chi connectivity index (χ1) is 11.0. The molecule has 5 nitrogen and oxygen atoms in total. The van der Waals surface area contributed by atoms with E-state index in [1.165, 1.54) is 10.5 Å². The molecule has 1 spiro atoms. The van der Waals surface area contributed by atoms with Crippen LogP contribution in [0.3, 0.4) is 0 Å². The second kappa shape index (κ2) is 6.22. The van der Waals surface area contributed by atoms with Gasteiger partial charge < -0.3 is 9.64 Å². The number of amides is 3. The topological polar surface area (TPSA) is 49.9 Å². The number of urea groups is 1. The third kappa shape index (κ3) is 2.80. The highest BCUT2D eigenvalue weighted by Crippen LogP contribution is 2.39. The molecule has 23 heavy (non-hydrogen) atoms. The summed E-state index contributed by atoms with van der Waals surface area (Å²) in [5.41, 5.74) is 0.572. The number of imide groups is 1. The Morgan fingerprint density at radius 2 is 1.74 bits per heavy atom. The highest BCUT2D eigenvalue weighted by Gasteiger charge is 2.55. The average Bonchev–Trinajstić information content (AvgIpc) is 2.73. The van der Waals surface area contributed by atoms with Gasteiger partial charge in [-0.05, 0) is 31.9 Å². The van der Waals surface area contributed by atoms with Crippen LogP contribution >= 0.6 is 0 Å². The fourth-order valence-electron chi connectivity index (χ4n) is 3.62. The number of benzene rings is 1. The van der Waals surface area contributed by atoms with Gasteiger partial charge >= 0.3 is 6.03 Å². The standard InChI is InChI=1S/C18H24N2O3/c1-14-6-8-15(9-7-14)23-13-12-20-16(21)18(19(2)17(20)22)10-4-3-5-11-18/h6-9H,3-5,10-13H2,1-2H3. The van der Waals surface area contributed by atoms with E-state index in [0.717, 1.165) is 37.9 Å². The van der Waals surface area contributed by atoms with Gasteiger partial charge in [0.15, 0.2) is 0 Å². The lowest BCUT2D eigenvalue weighted by molar-refractivity contribution is -0.134. The van der Waals surface area contributed by atoms with E-state index in [2.05, 4.69) is 0 Å². The lowest BCUT2D eigenvalue weighted by atomic mass is 9.81. The van der Waals surface area contributed by atoms with Crippen molar-refractivity contribution in [1.29, 1.82) is 0 Å². The Balaban J connectivity index is 1.62. The molecular formula is C18H24N2O3. The van der Waals surface area contributed by atoms with Crippen LogP contribution < -0.4 is 4.74 Å². The zero-order valence-corrected chi connectivity index (χ0v) is 13.9. The van der Waals surface area contributed by atoms with E-state index in [1.54, 1.807) is 11.9 Å². The van der Waals surface area contributed by atoms with Crippen molar-refractivity contribution in [3.8, 4) is 5.75 Å². The van der Waals surface area contributed by atoms with Gasteiger partial charge in [0.2, 0.25) is 0 Å². The SMILES string of the molecule is Cc1ccc(OCCN2C(=O)N(C)C3(CCCCC3)C2=O)cc1. The summed E-state index contributed by atoms with van der Waals surface area (Å²) in [6, 6.07) is 7.57. The van der Waals surface area contributed by atoms with E-state index in [0.29, 0.717) is 13.2 Å². The molecule has 0 radical (unpaired) electrons. The molecule has 3 amide bonds. The summed E-state index contributed by atoms with van der Waals surface area (Å²) in [6.07, 6.45) is 4.73. The minimum Gasteiger partial charge on any atom is -0.492 e. The fraction of sp³-hybridized carbons (Fsp3) is 0.556. The summed E-state index contributed by atoms with van der Waals surface area (Å²) in [7, 11) is 1.76. The molecular weight excluding hydrogens is 292 g/mol. The molecule has 1 aromatic carbocycles. The highest BCUT2D eigenvalue weighted by molar-refractivity contribution is 6.06. The van der Waals surface area contributed by atoms with Crippen LogP contribution in [-0.2, 0) is 4.79 Å². The lowest BCUT2D eigenvalue weighted by Crippen LogP contribution is -2.49. The van der Waals surface area contributed by atoms with Crippen LogP contribution in [0.1, 0.15) is 37.7 Å². The Morgan fingerprint density at radius 3 is 2.39 bits per heavy atom. The van der Waals surface area contributed by atoms with Gasteiger partial charge in [-0.25, -0.2) is 4.79 Å². The van der Waals surface area contributed by atoms with Crippen molar-refractivity contribution in [3.63, 3.8) is 0 Å². The van der Waals surface area contributed by atoms with Gasteiger partial charge in [0.1, 0.15) is 17.9 Å². The normalized spacial score (nSPS) is 20.4. The Labute approximate surface area is 137 Å². The van der Waals surface area contributed by atoms with Gasteiger partial charge in [-0.3, -0.25) is 9.69 Å². The third-order valence-electron chi connectivity index (χ3n) is 5.09. The Bertz CT molecular complexity index is 591. The molecule has 0 unspecified atom stereocenters. The smallest absolute Gasteiger partial charge is 0.327 e. The van der Waals surface area contributed by atoms with Crippen LogP contribution in [0.4, 0.5) is 4.79 Å². The zero-order chi connectivity index (χ0) is 16.4. The molecule has 0 aromatic heterocycles. The Kier molecular flexibility index (Phi) is 4.28. The van der Waals surface area contributed by atoms with Gasteiger partial charge in [-0.1, -0.05) is 37.0 Å². The number of rotatable bonds is 4. The molecule has 1 heterocycles. The Hall–Kier alpha value is -2.04. The van der Waals surface area contributed by atoms with Crippen molar-refractivity contribution >= 4 is 11.9 Å². The molecule has 1 saturated carbocycles. The molecule has 1 saturated heterocycles. The van der Waals surface area contributed by atoms with Crippen LogP contribution in [0.5, 0.6) is 5.75 Å². The zero-order valence-electron chi connectivity index (χ0n) is 13.9. The van der Waals surface area contributed by atoms with Gasteiger partial charge in [-0.2, -0.15) is 0 Å². The number of carbonyl (C=O) groups is 2. The highest BCUT2D eigenvalue weighted by atomic mass is 16.5. The van der Waals surface area contributed by atoms with Crippen LogP contribution in [-0.4, -0.2) is 47.5 Å². The third-order valence-corrected chi connectivity index (χ3v) is 5.09. The molecule has 2 aliphatic rings. The first kappa shape index (κ1) is 15.8. The molecule has 1 aromatic rings. The van der Waals surface area contributed by atoms with Crippen molar-refractivity contribution < 1.29 is 14.3 Å². The molecule has 3 rings (SSSR count). The van der Waals surface area contributed by atoms with Crippen molar-refractivity contribution in [1.82, 2.24) is 9.80 Å². The van der Waals surface area contributed by atoms with E-state index in [4.69, 9.17) is 4.74 Å². The minimum atomic E-state index is -0.598. The van der Waals surface area contributed by atoms with Crippen molar-refractivity contribution in [2.45, 2.75) is 44.6 Å². The van der Waals surface area contributed by atoms with E-state index in [-0.39, 0.29) is 11.9 Å². The minimum absolute atomic E-state index is 0.0443. The molecule has 1 aliphatic heterocycles. The van der Waals surface area contributed by atoms with Gasteiger partial charge in [-0.15, -0.1) is 0 Å². The quantitative estimate of drug-likeness (QED) is 0.802. The number of hydrogen-bond acceptors (Lipinski definition) is 3. The van der Waals surface area contributed by atoms with Crippen molar-refractivity contribution in [2.24, 2.45) is 0 Å². The van der Waals surface area contributed by atoms with Crippen molar-refractivity contribution in [2.75, 3.05) is 20.2 Å². The van der Waals surface area contributed by atoms with Gasteiger partial charge in [0.25, 0.3) is 5.91 Å². The van der Waals surface area contributed by atoms with Gasteiger partial charge in [0.05, 0.1) is 6.54 Å². The van der Waals surface area contributed by atoms with Crippen LogP contribution in [0.15, 0.2) is 24.3 Å².